The molecule has 0 aliphatic rings. The molecule has 0 bridgehead atoms. The number of aryl methyl sites for hydroxylation is 3. The van der Waals surface area contributed by atoms with Crippen LogP contribution in [0.2, 0.25) is 0 Å². The summed E-state index contributed by atoms with van der Waals surface area (Å²) in [4.78, 5) is 12.6. The van der Waals surface area contributed by atoms with E-state index >= 15 is 0 Å². The van der Waals surface area contributed by atoms with Gasteiger partial charge in [0.1, 0.15) is 5.75 Å². The number of carbonyl (C=O) groups excluding carboxylic acids is 1. The fourth-order valence-electron chi connectivity index (χ4n) is 3.00. The van der Waals surface area contributed by atoms with E-state index in [0.717, 1.165) is 9.87 Å². The minimum Gasteiger partial charge on any atom is -0.496 e. The Kier molecular flexibility index (Phi) is 7.43. The van der Waals surface area contributed by atoms with Gasteiger partial charge in [-0.1, -0.05) is 18.2 Å². The summed E-state index contributed by atoms with van der Waals surface area (Å²) >= 11 is 0. The van der Waals surface area contributed by atoms with Gasteiger partial charge in [-0.05, 0) is 67.6 Å². The van der Waals surface area contributed by atoms with Gasteiger partial charge in [0, 0.05) is 20.5 Å². The normalized spacial score (nSPS) is 12.7. The molecule has 0 unspecified atom stereocenters. The highest BCUT2D eigenvalue weighted by molar-refractivity contribution is 7.89. The number of hydrogen-bond donors (Lipinski definition) is 1. The Morgan fingerprint density at radius 3 is 2.38 bits per heavy atom. The first-order valence-electron chi connectivity index (χ1n) is 9.52. The van der Waals surface area contributed by atoms with Crippen LogP contribution in [-0.4, -0.2) is 39.8 Å². The van der Waals surface area contributed by atoms with E-state index in [0.29, 0.717) is 17.7 Å². The third-order valence-electron chi connectivity index (χ3n) is 5.06. The largest absolute Gasteiger partial charge is 0.496 e. The lowest BCUT2D eigenvalue weighted by molar-refractivity contribution is -0.121. The maximum atomic E-state index is 12.5. The molecule has 0 saturated carbocycles. The van der Waals surface area contributed by atoms with Gasteiger partial charge in [0.2, 0.25) is 15.9 Å². The SMILES string of the molecule is COc1ccc(S(=O)(=O)N(C)C)cc1CCC(=O)N[C@@H](C)c1ccc(C)c(C)c1. The number of ether oxygens (including phenoxy) is 1. The summed E-state index contributed by atoms with van der Waals surface area (Å²) in [5.41, 5.74) is 4.14. The Morgan fingerprint density at radius 1 is 1.10 bits per heavy atom. The smallest absolute Gasteiger partial charge is 0.242 e. The molecule has 1 amide bonds. The van der Waals surface area contributed by atoms with Crippen molar-refractivity contribution < 1.29 is 17.9 Å². The van der Waals surface area contributed by atoms with Gasteiger partial charge < -0.3 is 10.1 Å². The van der Waals surface area contributed by atoms with Crippen molar-refractivity contribution in [1.29, 1.82) is 0 Å². The van der Waals surface area contributed by atoms with Crippen LogP contribution in [0, 0.1) is 13.8 Å². The number of hydrogen-bond acceptors (Lipinski definition) is 4. The third-order valence-corrected chi connectivity index (χ3v) is 6.87. The fraction of sp³-hybridized carbons (Fsp3) is 0.409. The number of methoxy groups -OCH3 is 1. The van der Waals surface area contributed by atoms with Gasteiger partial charge in [-0.25, -0.2) is 12.7 Å². The van der Waals surface area contributed by atoms with Crippen LogP contribution < -0.4 is 10.1 Å². The zero-order valence-electron chi connectivity index (χ0n) is 17.9. The molecule has 2 rings (SSSR count). The molecule has 1 atom stereocenters. The highest BCUT2D eigenvalue weighted by Gasteiger charge is 2.19. The minimum absolute atomic E-state index is 0.0985. The molecule has 2 aromatic rings. The van der Waals surface area contributed by atoms with E-state index in [1.807, 2.05) is 13.0 Å². The van der Waals surface area contributed by atoms with Crippen LogP contribution in [0.3, 0.4) is 0 Å². The molecule has 0 heterocycles. The van der Waals surface area contributed by atoms with Gasteiger partial charge in [-0.15, -0.1) is 0 Å². The molecule has 2 aromatic carbocycles. The highest BCUT2D eigenvalue weighted by atomic mass is 32.2. The second-order valence-electron chi connectivity index (χ2n) is 7.39. The van der Waals surface area contributed by atoms with Crippen molar-refractivity contribution in [2.75, 3.05) is 21.2 Å². The molecule has 0 aromatic heterocycles. The van der Waals surface area contributed by atoms with Crippen LogP contribution >= 0.6 is 0 Å². The highest BCUT2D eigenvalue weighted by Crippen LogP contribution is 2.25. The number of sulfonamides is 1. The van der Waals surface area contributed by atoms with Gasteiger partial charge in [0.05, 0.1) is 18.0 Å². The third kappa shape index (κ3) is 5.58. The number of amides is 1. The Labute approximate surface area is 173 Å². The van der Waals surface area contributed by atoms with Crippen LogP contribution in [0.1, 0.15) is 41.6 Å². The summed E-state index contributed by atoms with van der Waals surface area (Å²) in [5, 5.41) is 3.01. The van der Waals surface area contributed by atoms with Crippen molar-refractivity contribution in [2.24, 2.45) is 0 Å². The predicted octanol–water partition coefficient (Wildman–Crippen LogP) is 3.37. The average Bonchev–Trinajstić information content (AvgIpc) is 2.67. The van der Waals surface area contributed by atoms with Crippen LogP contribution in [0.25, 0.3) is 0 Å². The zero-order chi connectivity index (χ0) is 21.8. The van der Waals surface area contributed by atoms with Crippen molar-refractivity contribution in [3.8, 4) is 5.75 Å². The lowest BCUT2D eigenvalue weighted by Gasteiger charge is -2.17. The van der Waals surface area contributed by atoms with Gasteiger partial charge >= 0.3 is 0 Å². The molecule has 0 fully saturated rings. The van der Waals surface area contributed by atoms with E-state index in [-0.39, 0.29) is 23.3 Å². The molecule has 158 valence electrons. The molecule has 7 heteroatoms. The predicted molar refractivity (Wildman–Crippen MR) is 115 cm³/mol. The van der Waals surface area contributed by atoms with Gasteiger partial charge in [0.25, 0.3) is 0 Å². The molecule has 0 radical (unpaired) electrons. The molecule has 6 nitrogen and oxygen atoms in total. The summed E-state index contributed by atoms with van der Waals surface area (Å²) < 4.78 is 31.3. The first-order chi connectivity index (χ1) is 13.6. The number of nitrogens with one attached hydrogen (secondary N) is 1. The van der Waals surface area contributed by atoms with E-state index < -0.39 is 10.0 Å². The Bertz CT molecular complexity index is 984. The summed E-state index contributed by atoms with van der Waals surface area (Å²) in [6.07, 6.45) is 0.614. The number of carbonyl (C=O) groups is 1. The summed E-state index contributed by atoms with van der Waals surface area (Å²) in [7, 11) is 0.954. The van der Waals surface area contributed by atoms with Gasteiger partial charge in [-0.2, -0.15) is 0 Å². The van der Waals surface area contributed by atoms with E-state index in [1.165, 1.54) is 38.4 Å². The minimum atomic E-state index is -3.55. The number of rotatable bonds is 8. The van der Waals surface area contributed by atoms with E-state index in [2.05, 4.69) is 31.3 Å². The summed E-state index contributed by atoms with van der Waals surface area (Å²) in [5.74, 6) is 0.469. The molecule has 0 aliphatic heterocycles. The van der Waals surface area contributed by atoms with Crippen molar-refractivity contribution in [3.05, 3.63) is 58.7 Å². The second kappa shape index (κ2) is 9.41. The molecule has 29 heavy (non-hydrogen) atoms. The second-order valence-corrected chi connectivity index (χ2v) is 9.55. The summed E-state index contributed by atoms with van der Waals surface area (Å²) in [6, 6.07) is 10.8. The molecule has 1 N–H and O–H groups in total. The van der Waals surface area contributed by atoms with E-state index in [1.54, 1.807) is 12.1 Å². The molecular weight excluding hydrogens is 388 g/mol. The molecule has 0 aliphatic carbocycles. The topological polar surface area (TPSA) is 75.7 Å². The monoisotopic (exact) mass is 418 g/mol. The standard InChI is InChI=1S/C22H30N2O4S/c1-15-7-8-18(13-16(15)2)17(3)23-22(25)12-9-19-14-20(10-11-21(19)28-6)29(26,27)24(4)5/h7-8,10-11,13-14,17H,9,12H2,1-6H3,(H,23,25)/t17-/m0/s1. The Morgan fingerprint density at radius 2 is 1.79 bits per heavy atom. The quantitative estimate of drug-likeness (QED) is 0.713. The zero-order valence-corrected chi connectivity index (χ0v) is 18.8. The van der Waals surface area contributed by atoms with Crippen molar-refractivity contribution >= 4 is 15.9 Å². The Balaban J connectivity index is 2.09. The lowest BCUT2D eigenvalue weighted by Crippen LogP contribution is -2.27. The maximum absolute atomic E-state index is 12.5. The summed E-state index contributed by atoms with van der Waals surface area (Å²) in [6.45, 7) is 6.06. The molecule has 0 spiro atoms. The van der Waals surface area contributed by atoms with Gasteiger partial charge in [0.15, 0.2) is 0 Å². The van der Waals surface area contributed by atoms with Gasteiger partial charge in [-0.3, -0.25) is 4.79 Å². The van der Waals surface area contributed by atoms with Crippen molar-refractivity contribution in [2.45, 2.75) is 44.6 Å². The number of benzene rings is 2. The van der Waals surface area contributed by atoms with Crippen LogP contribution in [0.4, 0.5) is 0 Å². The first-order valence-corrected chi connectivity index (χ1v) is 11.0. The van der Waals surface area contributed by atoms with E-state index in [9.17, 15) is 13.2 Å². The van der Waals surface area contributed by atoms with Crippen molar-refractivity contribution in [3.63, 3.8) is 0 Å². The van der Waals surface area contributed by atoms with Crippen molar-refractivity contribution in [1.82, 2.24) is 9.62 Å². The maximum Gasteiger partial charge on any atom is 0.242 e. The average molecular weight is 419 g/mol. The molecule has 0 saturated heterocycles. The first kappa shape index (κ1) is 22.9. The Hall–Kier alpha value is -2.38. The van der Waals surface area contributed by atoms with Crippen LogP contribution in [0.15, 0.2) is 41.3 Å². The fourth-order valence-corrected chi connectivity index (χ4v) is 3.95. The van der Waals surface area contributed by atoms with Crippen LogP contribution in [-0.2, 0) is 21.2 Å². The van der Waals surface area contributed by atoms with E-state index in [4.69, 9.17) is 4.74 Å². The molecular formula is C22H30N2O4S. The number of nitrogens with zero attached hydrogens (tertiary/aromatic N) is 1. The van der Waals surface area contributed by atoms with Crippen LogP contribution in [0.5, 0.6) is 5.75 Å². The lowest BCUT2D eigenvalue weighted by atomic mass is 10.0.